The highest BCUT2D eigenvalue weighted by molar-refractivity contribution is 5.81. The minimum Gasteiger partial charge on any atom is -0.306 e. The molecule has 0 saturated heterocycles. The average molecular weight is 318 g/mol. The maximum atomic E-state index is 12.6. The summed E-state index contributed by atoms with van der Waals surface area (Å²) in [6.07, 6.45) is 1.78. The normalized spacial score (nSPS) is 12.1. The molecule has 0 atom stereocenters. The van der Waals surface area contributed by atoms with Gasteiger partial charge in [-0.1, -0.05) is 51.1 Å². The molecule has 0 radical (unpaired) electrons. The minimum atomic E-state index is -0.131. The zero-order chi connectivity index (χ0) is 16.9. The highest BCUT2D eigenvalue weighted by Gasteiger charge is 2.19. The fraction of sp³-hybridized carbons (Fsp3) is 0.211. The van der Waals surface area contributed by atoms with Crippen LogP contribution in [0.2, 0.25) is 0 Å². The molecule has 0 saturated carbocycles. The zero-order valence-electron chi connectivity index (χ0n) is 13.9. The van der Waals surface area contributed by atoms with Gasteiger partial charge in [-0.25, -0.2) is 4.98 Å². The Morgan fingerprint density at radius 3 is 2.54 bits per heavy atom. The third-order valence-electron chi connectivity index (χ3n) is 4.14. The van der Waals surface area contributed by atoms with Crippen LogP contribution in [-0.2, 0) is 5.41 Å². The fourth-order valence-corrected chi connectivity index (χ4v) is 2.77. The predicted octanol–water partition coefficient (Wildman–Crippen LogP) is 3.54. The van der Waals surface area contributed by atoms with Crippen LogP contribution in [0, 0.1) is 0 Å². The van der Waals surface area contributed by atoms with Gasteiger partial charge >= 0.3 is 0 Å². The molecule has 1 N–H and O–H groups in total. The second-order valence-corrected chi connectivity index (χ2v) is 6.99. The van der Waals surface area contributed by atoms with Gasteiger partial charge in [0.2, 0.25) is 0 Å². The molecule has 3 heterocycles. The van der Waals surface area contributed by atoms with Gasteiger partial charge < -0.3 is 4.98 Å². The first kappa shape index (κ1) is 14.6. The van der Waals surface area contributed by atoms with Gasteiger partial charge in [0.15, 0.2) is 5.65 Å². The Bertz CT molecular complexity index is 1100. The molecular weight excluding hydrogens is 300 g/mol. The van der Waals surface area contributed by atoms with Gasteiger partial charge in [-0.2, -0.15) is 9.61 Å². The van der Waals surface area contributed by atoms with Crippen molar-refractivity contribution in [3.8, 4) is 11.1 Å². The van der Waals surface area contributed by atoms with Crippen LogP contribution in [-0.4, -0.2) is 19.6 Å². The first-order valence-corrected chi connectivity index (χ1v) is 7.91. The molecular formula is C19H18N4O. The first-order valence-electron chi connectivity index (χ1n) is 7.91. The number of hydrogen-bond donors (Lipinski definition) is 1. The molecule has 4 rings (SSSR count). The van der Waals surface area contributed by atoms with E-state index in [0.717, 1.165) is 22.3 Å². The summed E-state index contributed by atoms with van der Waals surface area (Å²) in [4.78, 5) is 20.0. The molecule has 0 amide bonds. The SMILES string of the molecule is CC(C)(C)c1cc2ncc3cc(-c4ccccc4)c(=O)[nH]c3n2n1. The number of pyridine rings is 1. The van der Waals surface area contributed by atoms with Crippen molar-refractivity contribution in [3.05, 3.63) is 64.7 Å². The lowest BCUT2D eigenvalue weighted by Gasteiger charge is -2.13. The predicted molar refractivity (Wildman–Crippen MR) is 95.2 cm³/mol. The number of nitrogens with zero attached hydrogens (tertiary/aromatic N) is 3. The number of rotatable bonds is 1. The Morgan fingerprint density at radius 2 is 1.83 bits per heavy atom. The smallest absolute Gasteiger partial charge is 0.257 e. The molecule has 4 aromatic rings. The summed E-state index contributed by atoms with van der Waals surface area (Å²) in [5, 5.41) is 5.49. The molecule has 5 heteroatoms. The molecule has 0 aliphatic carbocycles. The molecule has 5 nitrogen and oxygen atoms in total. The highest BCUT2D eigenvalue weighted by atomic mass is 16.1. The van der Waals surface area contributed by atoms with Crippen molar-refractivity contribution >= 4 is 16.7 Å². The van der Waals surface area contributed by atoms with Gasteiger partial charge in [-0.15, -0.1) is 0 Å². The summed E-state index contributed by atoms with van der Waals surface area (Å²) < 4.78 is 1.71. The van der Waals surface area contributed by atoms with E-state index in [1.165, 1.54) is 0 Å². The Kier molecular flexibility index (Phi) is 3.06. The molecule has 120 valence electrons. The van der Waals surface area contributed by atoms with E-state index >= 15 is 0 Å². The summed E-state index contributed by atoms with van der Waals surface area (Å²) in [7, 11) is 0. The number of H-pyrrole nitrogens is 1. The van der Waals surface area contributed by atoms with Crippen LogP contribution in [0.4, 0.5) is 0 Å². The molecule has 24 heavy (non-hydrogen) atoms. The van der Waals surface area contributed by atoms with E-state index in [1.807, 2.05) is 42.5 Å². The summed E-state index contributed by atoms with van der Waals surface area (Å²) in [5.41, 5.74) is 3.65. The summed E-state index contributed by atoms with van der Waals surface area (Å²) in [5.74, 6) is 0. The molecule has 0 unspecified atom stereocenters. The summed E-state index contributed by atoms with van der Waals surface area (Å²) in [6.45, 7) is 6.31. The number of hydrogen-bond acceptors (Lipinski definition) is 3. The van der Waals surface area contributed by atoms with Crippen molar-refractivity contribution in [2.24, 2.45) is 0 Å². The summed E-state index contributed by atoms with van der Waals surface area (Å²) >= 11 is 0. The Balaban J connectivity index is 2.00. The van der Waals surface area contributed by atoms with Crippen molar-refractivity contribution in [1.82, 2.24) is 19.6 Å². The van der Waals surface area contributed by atoms with Gasteiger partial charge in [0.05, 0.1) is 5.69 Å². The van der Waals surface area contributed by atoms with Crippen LogP contribution >= 0.6 is 0 Å². The monoisotopic (exact) mass is 318 g/mol. The van der Waals surface area contributed by atoms with Crippen molar-refractivity contribution in [2.45, 2.75) is 26.2 Å². The van der Waals surface area contributed by atoms with Crippen LogP contribution in [0.15, 0.2) is 53.5 Å². The van der Waals surface area contributed by atoms with Crippen LogP contribution in [0.25, 0.3) is 27.8 Å². The second-order valence-electron chi connectivity index (χ2n) is 6.99. The average Bonchev–Trinajstić information content (AvgIpc) is 3.00. The molecule has 0 bridgehead atoms. The van der Waals surface area contributed by atoms with Crippen LogP contribution in [0.1, 0.15) is 26.5 Å². The van der Waals surface area contributed by atoms with E-state index in [4.69, 9.17) is 0 Å². The lowest BCUT2D eigenvalue weighted by atomic mass is 9.93. The lowest BCUT2D eigenvalue weighted by Crippen LogP contribution is -2.13. The quantitative estimate of drug-likeness (QED) is 0.584. The van der Waals surface area contributed by atoms with Gasteiger partial charge in [0.25, 0.3) is 5.56 Å². The van der Waals surface area contributed by atoms with E-state index in [2.05, 4.69) is 35.8 Å². The highest BCUT2D eigenvalue weighted by Crippen LogP contribution is 2.24. The standard InChI is InChI=1S/C19H18N4O/c1-19(2,3)15-10-16-20-11-13-9-14(12-7-5-4-6-8-12)18(24)21-17(13)23(16)22-15/h4-11H,1-3H3,(H,21,24). The number of benzene rings is 1. The van der Waals surface area contributed by atoms with Gasteiger partial charge in [-0.05, 0) is 11.6 Å². The van der Waals surface area contributed by atoms with Crippen LogP contribution in [0.3, 0.4) is 0 Å². The van der Waals surface area contributed by atoms with Crippen molar-refractivity contribution in [1.29, 1.82) is 0 Å². The van der Waals surface area contributed by atoms with Crippen LogP contribution < -0.4 is 5.56 Å². The topological polar surface area (TPSA) is 63.0 Å². The Labute approximate surface area is 139 Å². The van der Waals surface area contributed by atoms with E-state index in [9.17, 15) is 4.79 Å². The number of fused-ring (bicyclic) bond motifs is 3. The maximum absolute atomic E-state index is 12.6. The van der Waals surface area contributed by atoms with Crippen molar-refractivity contribution in [2.75, 3.05) is 0 Å². The molecule has 0 aliphatic heterocycles. The summed E-state index contributed by atoms with van der Waals surface area (Å²) in [6, 6.07) is 13.5. The Hall–Kier alpha value is -2.95. The largest absolute Gasteiger partial charge is 0.306 e. The van der Waals surface area contributed by atoms with E-state index in [-0.39, 0.29) is 11.0 Å². The third-order valence-corrected chi connectivity index (χ3v) is 4.14. The lowest BCUT2D eigenvalue weighted by molar-refractivity contribution is 0.563. The van der Waals surface area contributed by atoms with Crippen molar-refractivity contribution < 1.29 is 0 Å². The molecule has 3 aromatic heterocycles. The number of nitrogens with one attached hydrogen (secondary N) is 1. The molecule has 0 spiro atoms. The Morgan fingerprint density at radius 1 is 1.08 bits per heavy atom. The first-order chi connectivity index (χ1) is 11.4. The van der Waals surface area contributed by atoms with E-state index in [1.54, 1.807) is 10.7 Å². The number of aromatic amines is 1. The van der Waals surface area contributed by atoms with Crippen molar-refractivity contribution in [3.63, 3.8) is 0 Å². The third kappa shape index (κ3) is 2.29. The zero-order valence-corrected chi connectivity index (χ0v) is 13.9. The van der Waals surface area contributed by atoms with Gasteiger partial charge in [0.1, 0.15) is 5.65 Å². The minimum absolute atomic E-state index is 0.0791. The molecule has 0 fully saturated rings. The molecule has 0 aliphatic rings. The van der Waals surface area contributed by atoms with E-state index < -0.39 is 0 Å². The maximum Gasteiger partial charge on any atom is 0.257 e. The molecule has 1 aromatic carbocycles. The second kappa shape index (κ2) is 5.03. The van der Waals surface area contributed by atoms with Crippen LogP contribution in [0.5, 0.6) is 0 Å². The van der Waals surface area contributed by atoms with Gasteiger partial charge in [-0.3, -0.25) is 4.79 Å². The van der Waals surface area contributed by atoms with E-state index in [0.29, 0.717) is 11.2 Å². The van der Waals surface area contributed by atoms with Gasteiger partial charge in [0, 0.05) is 28.6 Å². The number of aromatic nitrogens is 4. The fourth-order valence-electron chi connectivity index (χ4n) is 2.77.